The highest BCUT2D eigenvalue weighted by Gasteiger charge is 2.18. The SMILES string of the molecule is COc1cccc2oc(-c3nc4ccccc4c(=O)n3N=Cc3ccc(OCC#N)c(Cl)c3)cc12. The number of nitrogens with zero attached hydrogens (tertiary/aromatic N) is 4. The number of para-hydroxylation sites is 1. The van der Waals surface area contributed by atoms with Crippen molar-refractivity contribution in [2.45, 2.75) is 0 Å². The quantitative estimate of drug-likeness (QED) is 0.305. The molecule has 0 saturated carbocycles. The Balaban J connectivity index is 1.65. The van der Waals surface area contributed by atoms with E-state index in [2.05, 4.69) is 10.1 Å². The largest absolute Gasteiger partial charge is 0.496 e. The Morgan fingerprint density at radius 1 is 1.11 bits per heavy atom. The van der Waals surface area contributed by atoms with Crippen LogP contribution in [0.5, 0.6) is 11.5 Å². The van der Waals surface area contributed by atoms with Crippen LogP contribution in [0.15, 0.2) is 81.0 Å². The summed E-state index contributed by atoms with van der Waals surface area (Å²) in [5.41, 5.74) is 1.39. The first kappa shape index (κ1) is 22.2. The molecule has 0 atom stereocenters. The van der Waals surface area contributed by atoms with Gasteiger partial charge in [0.25, 0.3) is 5.56 Å². The number of hydrogen-bond acceptors (Lipinski definition) is 7. The smallest absolute Gasteiger partial charge is 0.282 e. The molecule has 0 aliphatic rings. The lowest BCUT2D eigenvalue weighted by atomic mass is 10.2. The summed E-state index contributed by atoms with van der Waals surface area (Å²) in [6.07, 6.45) is 1.49. The Labute approximate surface area is 204 Å². The van der Waals surface area contributed by atoms with Crippen LogP contribution in [0, 0.1) is 11.3 Å². The number of hydrogen-bond donors (Lipinski definition) is 0. The number of nitriles is 1. The summed E-state index contributed by atoms with van der Waals surface area (Å²) in [6.45, 7) is -0.114. The highest BCUT2D eigenvalue weighted by Crippen LogP contribution is 2.33. The number of methoxy groups -OCH3 is 1. The van der Waals surface area contributed by atoms with Crippen molar-refractivity contribution in [2.75, 3.05) is 13.7 Å². The molecule has 8 nitrogen and oxygen atoms in total. The number of rotatable bonds is 6. The second kappa shape index (κ2) is 9.33. The van der Waals surface area contributed by atoms with Crippen molar-refractivity contribution >= 4 is 39.7 Å². The molecule has 35 heavy (non-hydrogen) atoms. The van der Waals surface area contributed by atoms with Crippen LogP contribution in [0.4, 0.5) is 0 Å². The van der Waals surface area contributed by atoms with Gasteiger partial charge in [0, 0.05) is 0 Å². The van der Waals surface area contributed by atoms with E-state index in [1.807, 2.05) is 30.3 Å². The van der Waals surface area contributed by atoms with Crippen molar-refractivity contribution in [1.29, 1.82) is 5.26 Å². The Morgan fingerprint density at radius 3 is 2.77 bits per heavy atom. The number of ether oxygens (including phenoxy) is 2. The fourth-order valence-corrected chi connectivity index (χ4v) is 3.91. The number of furan rings is 1. The Morgan fingerprint density at radius 2 is 1.97 bits per heavy atom. The van der Waals surface area contributed by atoms with Gasteiger partial charge in [-0.1, -0.05) is 29.8 Å². The maximum absolute atomic E-state index is 13.4. The third kappa shape index (κ3) is 4.21. The standard InChI is InChI=1S/C26H17ClN4O4/c1-33-21-7-4-8-22-18(21)14-24(35-22)25-30-20-6-3-2-5-17(20)26(32)31(25)29-15-16-9-10-23(19(27)13-16)34-12-11-28/h2-10,13-15H,12H2,1H3. The predicted octanol–water partition coefficient (Wildman–Crippen LogP) is 5.26. The van der Waals surface area contributed by atoms with E-state index < -0.39 is 0 Å². The molecule has 2 heterocycles. The molecule has 0 radical (unpaired) electrons. The van der Waals surface area contributed by atoms with E-state index in [0.717, 1.165) is 5.39 Å². The summed E-state index contributed by atoms with van der Waals surface area (Å²) in [4.78, 5) is 18.1. The second-order valence-corrected chi connectivity index (χ2v) is 7.84. The zero-order valence-corrected chi connectivity index (χ0v) is 19.2. The number of halogens is 1. The first-order valence-electron chi connectivity index (χ1n) is 10.5. The van der Waals surface area contributed by atoms with Crippen molar-refractivity contribution < 1.29 is 13.9 Å². The summed E-state index contributed by atoms with van der Waals surface area (Å²) in [6, 6.07) is 21.1. The Hall–Kier alpha value is -4.61. The lowest BCUT2D eigenvalue weighted by Crippen LogP contribution is -2.20. The molecule has 5 rings (SSSR count). The van der Waals surface area contributed by atoms with Crippen molar-refractivity contribution in [3.05, 3.63) is 87.7 Å². The van der Waals surface area contributed by atoms with Crippen LogP contribution in [-0.2, 0) is 0 Å². The van der Waals surface area contributed by atoms with E-state index in [4.69, 9.17) is 30.8 Å². The van der Waals surface area contributed by atoms with Crippen LogP contribution >= 0.6 is 11.6 Å². The number of fused-ring (bicyclic) bond motifs is 2. The third-order valence-corrected chi connectivity index (χ3v) is 5.58. The molecule has 0 aliphatic carbocycles. The van der Waals surface area contributed by atoms with Crippen LogP contribution in [0.3, 0.4) is 0 Å². The summed E-state index contributed by atoms with van der Waals surface area (Å²) in [5, 5.41) is 14.6. The van der Waals surface area contributed by atoms with E-state index in [1.54, 1.807) is 49.6 Å². The van der Waals surface area contributed by atoms with Crippen molar-refractivity contribution in [1.82, 2.24) is 9.66 Å². The van der Waals surface area contributed by atoms with Gasteiger partial charge >= 0.3 is 0 Å². The zero-order chi connectivity index (χ0) is 24.4. The summed E-state index contributed by atoms with van der Waals surface area (Å²) < 4.78 is 17.9. The van der Waals surface area contributed by atoms with Crippen molar-refractivity contribution in [2.24, 2.45) is 5.10 Å². The van der Waals surface area contributed by atoms with Gasteiger partial charge in [-0.25, -0.2) is 4.98 Å². The first-order chi connectivity index (χ1) is 17.1. The molecule has 9 heteroatoms. The van der Waals surface area contributed by atoms with Gasteiger partial charge in [-0.05, 0) is 54.1 Å². The molecule has 0 spiro atoms. The third-order valence-electron chi connectivity index (χ3n) is 5.29. The Bertz CT molecular complexity index is 1700. The summed E-state index contributed by atoms with van der Waals surface area (Å²) >= 11 is 6.25. The molecular formula is C26H17ClN4O4. The van der Waals surface area contributed by atoms with Crippen LogP contribution in [-0.4, -0.2) is 29.6 Å². The van der Waals surface area contributed by atoms with Crippen molar-refractivity contribution in [3.63, 3.8) is 0 Å². The van der Waals surface area contributed by atoms with Gasteiger partial charge in [-0.15, -0.1) is 0 Å². The monoisotopic (exact) mass is 484 g/mol. The maximum atomic E-state index is 13.4. The van der Waals surface area contributed by atoms with Crippen LogP contribution < -0.4 is 15.0 Å². The minimum atomic E-state index is -0.352. The molecule has 3 aromatic carbocycles. The Kier molecular flexibility index (Phi) is 5.92. The minimum Gasteiger partial charge on any atom is -0.496 e. The van der Waals surface area contributed by atoms with Crippen LogP contribution in [0.1, 0.15) is 5.56 Å². The molecule has 0 bridgehead atoms. The van der Waals surface area contributed by atoms with Gasteiger partial charge < -0.3 is 13.9 Å². The van der Waals surface area contributed by atoms with E-state index in [9.17, 15) is 4.79 Å². The maximum Gasteiger partial charge on any atom is 0.282 e. The molecule has 5 aromatic rings. The minimum absolute atomic E-state index is 0.114. The fraction of sp³-hybridized carbons (Fsp3) is 0.0769. The molecule has 2 aromatic heterocycles. The zero-order valence-electron chi connectivity index (χ0n) is 18.4. The average Bonchev–Trinajstić information content (AvgIpc) is 3.32. The molecule has 0 unspecified atom stereocenters. The van der Waals surface area contributed by atoms with Gasteiger partial charge in [0.1, 0.15) is 23.2 Å². The highest BCUT2D eigenvalue weighted by molar-refractivity contribution is 6.32. The molecule has 0 saturated heterocycles. The predicted molar refractivity (Wildman–Crippen MR) is 133 cm³/mol. The van der Waals surface area contributed by atoms with Gasteiger partial charge in [-0.2, -0.15) is 15.0 Å². The molecule has 0 amide bonds. The summed E-state index contributed by atoms with van der Waals surface area (Å²) in [5.74, 6) is 1.63. The van der Waals surface area contributed by atoms with Gasteiger partial charge in [0.05, 0.1) is 34.6 Å². The molecule has 0 fully saturated rings. The number of aromatic nitrogens is 2. The normalized spacial score (nSPS) is 11.2. The van der Waals surface area contributed by atoms with E-state index in [0.29, 0.717) is 44.3 Å². The molecule has 0 N–H and O–H groups in total. The van der Waals surface area contributed by atoms with E-state index in [1.165, 1.54) is 10.9 Å². The molecular weight excluding hydrogens is 468 g/mol. The van der Waals surface area contributed by atoms with E-state index >= 15 is 0 Å². The van der Waals surface area contributed by atoms with E-state index in [-0.39, 0.29) is 18.0 Å². The lowest BCUT2D eigenvalue weighted by molar-refractivity contribution is 0.368. The van der Waals surface area contributed by atoms with Crippen LogP contribution in [0.2, 0.25) is 5.02 Å². The number of benzene rings is 3. The molecule has 172 valence electrons. The fourth-order valence-electron chi connectivity index (χ4n) is 3.66. The second-order valence-electron chi connectivity index (χ2n) is 7.43. The highest BCUT2D eigenvalue weighted by atomic mass is 35.5. The van der Waals surface area contributed by atoms with Crippen LogP contribution in [0.25, 0.3) is 33.5 Å². The average molecular weight is 485 g/mol. The van der Waals surface area contributed by atoms with Crippen molar-refractivity contribution in [3.8, 4) is 29.2 Å². The lowest BCUT2D eigenvalue weighted by Gasteiger charge is -2.08. The van der Waals surface area contributed by atoms with Gasteiger partial charge in [0.2, 0.25) is 5.82 Å². The topological polar surface area (TPSA) is 103 Å². The van der Waals surface area contributed by atoms with Gasteiger partial charge in [-0.3, -0.25) is 4.79 Å². The van der Waals surface area contributed by atoms with Gasteiger partial charge in [0.15, 0.2) is 12.4 Å². The summed E-state index contributed by atoms with van der Waals surface area (Å²) in [7, 11) is 1.58. The first-order valence-corrected chi connectivity index (χ1v) is 10.9. The molecule has 0 aliphatic heterocycles.